The molecule has 2 N–H and O–H groups in total. The van der Waals surface area contributed by atoms with Crippen LogP contribution in [0.3, 0.4) is 0 Å². The van der Waals surface area contributed by atoms with E-state index in [-0.39, 0.29) is 23.4 Å². The molecule has 1 aromatic heterocycles. The molecule has 4 aliphatic carbocycles. The number of ether oxygens (including phenoxy) is 1. The number of benzene rings is 1. The quantitative estimate of drug-likeness (QED) is 0.295. The monoisotopic (exact) mass is 587 g/mol. The molecule has 1 heterocycles. The van der Waals surface area contributed by atoms with Gasteiger partial charge in [0.1, 0.15) is 11.8 Å². The number of carbonyl (C=O) groups excluding carboxylic acids is 3. The lowest BCUT2D eigenvalue weighted by Crippen LogP contribution is -2.51. The number of nitrogens with zero attached hydrogens (tertiary/aromatic N) is 1. The van der Waals surface area contributed by atoms with E-state index >= 15 is 0 Å². The standard InChI is InChI=1S/C35H45N3O5/c1-21(39)27-11-12-28-26-10-9-23-18-24(13-15-34(23,2)29(26)14-16-35(27,28)3)38-43-20-32(40)37-31(33(41)42-4)17-22-19-36-30-8-6-5-7-25(22)30/h5-8,18-19,26-29,31,36H,9-17,20H2,1-4H3,(H,37,40)/b38-24-/t26-,27+,28+,29+,31+,34+,35-/m1/s1. The molecule has 4 aliphatic rings. The first-order valence-electron chi connectivity index (χ1n) is 16.0. The van der Waals surface area contributed by atoms with Crippen LogP contribution in [0.15, 0.2) is 47.3 Å². The van der Waals surface area contributed by atoms with Gasteiger partial charge in [0.15, 0.2) is 6.61 Å². The Morgan fingerprint density at radius 1 is 1.07 bits per heavy atom. The van der Waals surface area contributed by atoms with Crippen molar-refractivity contribution in [3.8, 4) is 0 Å². The highest BCUT2D eigenvalue weighted by Gasteiger charge is 2.59. The van der Waals surface area contributed by atoms with Crippen LogP contribution < -0.4 is 5.32 Å². The van der Waals surface area contributed by atoms with Gasteiger partial charge in [-0.3, -0.25) is 9.59 Å². The number of Topliss-reactive ketones (excluding diaryl/α,β-unsaturated/α-hetero) is 1. The number of ketones is 1. The third-order valence-corrected chi connectivity index (χ3v) is 11.8. The highest BCUT2D eigenvalue weighted by Crippen LogP contribution is 2.66. The van der Waals surface area contributed by atoms with E-state index in [2.05, 4.69) is 35.4 Å². The Morgan fingerprint density at radius 3 is 2.67 bits per heavy atom. The third kappa shape index (κ3) is 5.31. The normalized spacial score (nSPS) is 33.1. The van der Waals surface area contributed by atoms with Gasteiger partial charge >= 0.3 is 5.97 Å². The number of H-pyrrole nitrogens is 1. The highest BCUT2D eigenvalue weighted by molar-refractivity contribution is 5.96. The van der Waals surface area contributed by atoms with Crippen LogP contribution >= 0.6 is 0 Å². The molecule has 0 aliphatic heterocycles. The average Bonchev–Trinajstić information content (AvgIpc) is 3.57. The van der Waals surface area contributed by atoms with Gasteiger partial charge in [-0.1, -0.05) is 42.8 Å². The van der Waals surface area contributed by atoms with E-state index in [1.807, 2.05) is 30.5 Å². The van der Waals surface area contributed by atoms with Crippen molar-refractivity contribution in [1.82, 2.24) is 10.3 Å². The van der Waals surface area contributed by atoms with Crippen molar-refractivity contribution >= 4 is 34.3 Å². The van der Waals surface area contributed by atoms with Gasteiger partial charge in [-0.05, 0) is 105 Å². The second-order valence-corrected chi connectivity index (χ2v) is 13.9. The Labute approximate surface area is 254 Å². The number of para-hydroxylation sites is 1. The molecule has 1 amide bonds. The van der Waals surface area contributed by atoms with Gasteiger partial charge in [0, 0.05) is 29.4 Å². The number of esters is 1. The smallest absolute Gasteiger partial charge is 0.328 e. The van der Waals surface area contributed by atoms with Gasteiger partial charge in [0.2, 0.25) is 0 Å². The number of aromatic amines is 1. The van der Waals surface area contributed by atoms with Crippen LogP contribution in [0, 0.1) is 34.5 Å². The Morgan fingerprint density at radius 2 is 1.88 bits per heavy atom. The number of carbonyl (C=O) groups is 3. The summed E-state index contributed by atoms with van der Waals surface area (Å²) in [7, 11) is 1.32. The Balaban J connectivity index is 1.07. The number of hydrogen-bond donors (Lipinski definition) is 2. The lowest BCUT2D eigenvalue weighted by atomic mass is 9.46. The molecular formula is C35H45N3O5. The molecule has 3 fully saturated rings. The van der Waals surface area contributed by atoms with Crippen molar-refractivity contribution in [3.05, 3.63) is 47.7 Å². The molecule has 0 spiro atoms. The zero-order valence-corrected chi connectivity index (χ0v) is 25.9. The fourth-order valence-corrected chi connectivity index (χ4v) is 9.58. The predicted molar refractivity (Wildman–Crippen MR) is 165 cm³/mol. The van der Waals surface area contributed by atoms with Gasteiger partial charge in [-0.25, -0.2) is 4.79 Å². The summed E-state index contributed by atoms with van der Waals surface area (Å²) in [5.74, 6) is 1.69. The Hall–Kier alpha value is -3.42. The van der Waals surface area contributed by atoms with Crippen LogP contribution in [-0.2, 0) is 30.4 Å². The van der Waals surface area contributed by atoms with Gasteiger partial charge in [0.25, 0.3) is 5.91 Å². The van der Waals surface area contributed by atoms with Crippen LogP contribution in [0.1, 0.15) is 77.7 Å². The zero-order chi connectivity index (χ0) is 30.4. The number of fused-ring (bicyclic) bond motifs is 6. The summed E-state index contributed by atoms with van der Waals surface area (Å²) < 4.78 is 4.96. The van der Waals surface area contributed by atoms with E-state index in [1.54, 1.807) is 6.92 Å². The second-order valence-electron chi connectivity index (χ2n) is 13.9. The summed E-state index contributed by atoms with van der Waals surface area (Å²) in [5.41, 5.74) is 4.56. The predicted octanol–water partition coefficient (Wildman–Crippen LogP) is 5.91. The summed E-state index contributed by atoms with van der Waals surface area (Å²) in [6, 6.07) is 7.01. The first-order valence-corrected chi connectivity index (χ1v) is 16.0. The SMILES string of the molecule is COC(=O)[C@H](Cc1c[nH]c2ccccc12)NC(=O)CO/N=C1\C=C2CC[C@@H]3[C@@H]4CC[C@@H](C(C)=O)[C@@]4(C)CC[C@@H]3[C@@]2(C)CC1. The molecule has 43 heavy (non-hydrogen) atoms. The average molecular weight is 588 g/mol. The third-order valence-electron chi connectivity index (χ3n) is 11.8. The van der Waals surface area contributed by atoms with Gasteiger partial charge < -0.3 is 19.9 Å². The minimum absolute atomic E-state index is 0.158. The van der Waals surface area contributed by atoms with E-state index in [0.29, 0.717) is 30.0 Å². The maximum atomic E-state index is 12.8. The van der Waals surface area contributed by atoms with Crippen LogP contribution in [0.5, 0.6) is 0 Å². The molecule has 230 valence electrons. The fourth-order valence-electron chi connectivity index (χ4n) is 9.58. The molecule has 3 saturated carbocycles. The number of methoxy groups -OCH3 is 1. The molecule has 8 heteroatoms. The van der Waals surface area contributed by atoms with Crippen molar-refractivity contribution in [2.75, 3.05) is 13.7 Å². The number of aromatic nitrogens is 1. The van der Waals surface area contributed by atoms with Crippen LogP contribution in [0.25, 0.3) is 10.9 Å². The fraction of sp³-hybridized carbons (Fsp3) is 0.600. The molecule has 2 aromatic rings. The molecule has 0 saturated heterocycles. The highest BCUT2D eigenvalue weighted by atomic mass is 16.6. The summed E-state index contributed by atoms with van der Waals surface area (Å²) >= 11 is 0. The van der Waals surface area contributed by atoms with E-state index < -0.39 is 17.9 Å². The number of nitrogens with one attached hydrogen (secondary N) is 2. The molecular weight excluding hydrogens is 542 g/mol. The Bertz CT molecular complexity index is 1470. The summed E-state index contributed by atoms with van der Waals surface area (Å²) in [6.45, 7) is 6.37. The summed E-state index contributed by atoms with van der Waals surface area (Å²) in [6.07, 6.45) is 13.1. The van der Waals surface area contributed by atoms with E-state index in [9.17, 15) is 14.4 Å². The number of hydrogen-bond acceptors (Lipinski definition) is 6. The van der Waals surface area contributed by atoms with E-state index in [0.717, 1.165) is 54.3 Å². The van der Waals surface area contributed by atoms with Crippen molar-refractivity contribution < 1.29 is 24.0 Å². The molecule has 0 radical (unpaired) electrons. The maximum Gasteiger partial charge on any atom is 0.328 e. The molecule has 1 aromatic carbocycles. The van der Waals surface area contributed by atoms with Crippen molar-refractivity contribution in [2.24, 2.45) is 39.7 Å². The van der Waals surface area contributed by atoms with Gasteiger partial charge in [-0.2, -0.15) is 0 Å². The topological polar surface area (TPSA) is 110 Å². The molecule has 8 nitrogen and oxygen atoms in total. The second kappa shape index (κ2) is 11.6. The zero-order valence-electron chi connectivity index (χ0n) is 25.9. The summed E-state index contributed by atoms with van der Waals surface area (Å²) in [5, 5.41) is 8.12. The number of rotatable bonds is 8. The number of oxime groups is 1. The van der Waals surface area contributed by atoms with Crippen molar-refractivity contribution in [2.45, 2.75) is 84.6 Å². The first kappa shape index (κ1) is 29.6. The maximum absolute atomic E-state index is 12.8. The van der Waals surface area contributed by atoms with E-state index in [4.69, 9.17) is 9.57 Å². The van der Waals surface area contributed by atoms with Crippen LogP contribution in [-0.4, -0.2) is 48.1 Å². The van der Waals surface area contributed by atoms with Gasteiger partial charge in [-0.15, -0.1) is 0 Å². The van der Waals surface area contributed by atoms with Crippen molar-refractivity contribution in [3.63, 3.8) is 0 Å². The molecule has 6 rings (SSSR count). The summed E-state index contributed by atoms with van der Waals surface area (Å²) in [4.78, 5) is 46.4. The van der Waals surface area contributed by atoms with Crippen LogP contribution in [0.4, 0.5) is 0 Å². The molecule has 0 unspecified atom stereocenters. The largest absolute Gasteiger partial charge is 0.467 e. The number of amides is 1. The van der Waals surface area contributed by atoms with E-state index in [1.165, 1.54) is 31.9 Å². The molecule has 0 bridgehead atoms. The first-order chi connectivity index (χ1) is 20.6. The molecule has 7 atom stereocenters. The van der Waals surface area contributed by atoms with Gasteiger partial charge in [0.05, 0.1) is 12.8 Å². The minimum Gasteiger partial charge on any atom is -0.467 e. The van der Waals surface area contributed by atoms with Crippen molar-refractivity contribution in [1.29, 1.82) is 0 Å². The Kier molecular flexibility index (Phi) is 7.99. The lowest BCUT2D eigenvalue weighted by Gasteiger charge is -2.58. The van der Waals surface area contributed by atoms with Crippen LogP contribution in [0.2, 0.25) is 0 Å². The minimum atomic E-state index is -0.830. The lowest BCUT2D eigenvalue weighted by molar-refractivity contribution is -0.145. The number of allylic oxidation sites excluding steroid dienone is 2.